The fourth-order valence-corrected chi connectivity index (χ4v) is 7.02. The summed E-state index contributed by atoms with van der Waals surface area (Å²) >= 11 is 0. The van der Waals surface area contributed by atoms with Crippen LogP contribution >= 0.6 is 0 Å². The number of benzene rings is 3. The number of aryl methyl sites for hydroxylation is 1. The number of ether oxygens (including phenoxy) is 1. The topological polar surface area (TPSA) is 188 Å². The van der Waals surface area contributed by atoms with Crippen LogP contribution < -0.4 is 26.6 Å². The van der Waals surface area contributed by atoms with E-state index >= 15 is 8.78 Å². The Morgan fingerprint density at radius 1 is 0.931 bits per heavy atom. The highest BCUT2D eigenvalue weighted by Gasteiger charge is 2.64. The third kappa shape index (κ3) is 8.31. The summed E-state index contributed by atoms with van der Waals surface area (Å²) in [5.41, 5.74) is -4.75. The van der Waals surface area contributed by atoms with Gasteiger partial charge in [0, 0.05) is 31.3 Å². The van der Waals surface area contributed by atoms with Crippen LogP contribution in [-0.2, 0) is 33.0 Å². The second kappa shape index (κ2) is 15.5. The maximum atomic E-state index is 15.3. The number of amides is 2. The van der Waals surface area contributed by atoms with Gasteiger partial charge < -0.3 is 15.4 Å². The van der Waals surface area contributed by atoms with Gasteiger partial charge in [-0.1, -0.05) is 12.1 Å². The van der Waals surface area contributed by atoms with Crippen LogP contribution in [0.2, 0.25) is 0 Å². The molecule has 6 rings (SSSR count). The molecule has 1 atom stereocenters. The summed E-state index contributed by atoms with van der Waals surface area (Å²) in [4.78, 5) is 68.4. The summed E-state index contributed by atoms with van der Waals surface area (Å²) < 4.78 is 106. The zero-order valence-electron chi connectivity index (χ0n) is 30.7. The molecule has 2 heterocycles. The van der Waals surface area contributed by atoms with Crippen molar-refractivity contribution in [2.75, 3.05) is 4.72 Å². The Balaban J connectivity index is 1.17. The van der Waals surface area contributed by atoms with Crippen molar-refractivity contribution in [3.05, 3.63) is 128 Å². The molecule has 0 spiro atoms. The first-order valence-electron chi connectivity index (χ1n) is 17.4. The van der Waals surface area contributed by atoms with Crippen LogP contribution in [0.15, 0.2) is 93.6 Å². The Morgan fingerprint density at radius 2 is 1.59 bits per heavy atom. The lowest BCUT2D eigenvalue weighted by molar-refractivity contribution is -0.163. The maximum absolute atomic E-state index is 15.3. The van der Waals surface area contributed by atoms with Gasteiger partial charge in [0.1, 0.15) is 23.2 Å². The molecule has 0 aliphatic heterocycles. The largest absolute Gasteiger partial charge is 0.461 e. The molecule has 2 aromatic heterocycles. The van der Waals surface area contributed by atoms with Crippen LogP contribution in [0.4, 0.5) is 27.6 Å². The van der Waals surface area contributed by atoms with Gasteiger partial charge in [0.15, 0.2) is 0 Å². The number of fused-ring (bicyclic) bond motifs is 1. The number of hydrogen-bond donors (Lipinski definition) is 3. The van der Waals surface area contributed by atoms with E-state index in [9.17, 15) is 45.6 Å². The number of aromatic nitrogens is 3. The molecule has 0 bridgehead atoms. The average molecular weight is 829 g/mol. The van der Waals surface area contributed by atoms with E-state index in [1.807, 2.05) is 10.0 Å². The lowest BCUT2D eigenvalue weighted by Gasteiger charge is -2.20. The molecule has 1 saturated carbocycles. The van der Waals surface area contributed by atoms with Crippen molar-refractivity contribution < 1.29 is 49.5 Å². The summed E-state index contributed by atoms with van der Waals surface area (Å²) in [7, 11) is -3.18. The third-order valence-electron chi connectivity index (χ3n) is 9.27. The molecular weight excluding hydrogens is 796 g/mol. The van der Waals surface area contributed by atoms with Crippen molar-refractivity contribution in [3.63, 3.8) is 0 Å². The number of nitrogens with one attached hydrogen (secondary N) is 3. The number of sulfonamides is 1. The number of pyridine rings is 1. The predicted octanol–water partition coefficient (Wildman–Crippen LogP) is 4.28. The lowest BCUT2D eigenvalue weighted by atomic mass is 10.0. The minimum atomic E-state index is -4.67. The van der Waals surface area contributed by atoms with Gasteiger partial charge in [-0.25, -0.2) is 31.4 Å². The Bertz CT molecular complexity index is 2680. The highest BCUT2D eigenvalue weighted by molar-refractivity contribution is 7.92. The van der Waals surface area contributed by atoms with Crippen molar-refractivity contribution in [3.8, 4) is 5.69 Å². The molecule has 304 valence electrons. The number of nitrogens with zero attached hydrogens (tertiary/aromatic N) is 3. The predicted molar refractivity (Wildman–Crippen MR) is 198 cm³/mol. The second-order valence-corrected chi connectivity index (χ2v) is 15.4. The molecule has 58 heavy (non-hydrogen) atoms. The summed E-state index contributed by atoms with van der Waals surface area (Å²) in [6.07, 6.45) is -3.35. The van der Waals surface area contributed by atoms with Gasteiger partial charge in [-0.15, -0.1) is 0 Å². The molecule has 2 amide bonds. The van der Waals surface area contributed by atoms with E-state index in [1.54, 1.807) is 13.8 Å². The first kappa shape index (κ1) is 41.2. The molecule has 1 aliphatic carbocycles. The van der Waals surface area contributed by atoms with Gasteiger partial charge in [-0.05, 0) is 80.8 Å². The Labute approximate surface area is 325 Å². The van der Waals surface area contributed by atoms with E-state index in [0.717, 1.165) is 28.8 Å². The van der Waals surface area contributed by atoms with Gasteiger partial charge >= 0.3 is 17.8 Å². The first-order valence-corrected chi connectivity index (χ1v) is 18.9. The third-order valence-corrected chi connectivity index (χ3v) is 10.6. The zero-order valence-corrected chi connectivity index (χ0v) is 31.5. The van der Waals surface area contributed by atoms with E-state index in [-0.39, 0.29) is 35.9 Å². The quantitative estimate of drug-likeness (QED) is 0.122. The molecule has 3 N–H and O–H groups in total. The number of halogens is 5. The summed E-state index contributed by atoms with van der Waals surface area (Å²) in [5.74, 6) is -6.06. The van der Waals surface area contributed by atoms with E-state index in [4.69, 9.17) is 4.74 Å². The number of carbonyl (C=O) groups is 3. The van der Waals surface area contributed by atoms with Crippen molar-refractivity contribution >= 4 is 44.4 Å². The van der Waals surface area contributed by atoms with Crippen molar-refractivity contribution in [1.29, 1.82) is 0 Å². The minimum Gasteiger partial charge on any atom is -0.461 e. The smallest absolute Gasteiger partial charge is 0.411 e. The number of anilines is 1. The fraction of sp³-hybridized carbons (Fsp3) is 0.263. The number of esters is 1. The SMILES string of the molecule is CC(C)OC(=O)[C@H](Cc1ccc(-n2c(=O)c3ccncc3n(C)c2=O)cc1)NC(=O)c1cc(F)c(NS(=O)(=O)c2ccc(C(=O)NC3(C(F)(F)F)CC3)cc2)cc1F. The first-order chi connectivity index (χ1) is 27.2. The minimum absolute atomic E-state index is 0.197. The van der Waals surface area contributed by atoms with Gasteiger partial charge in [0.05, 0.1) is 45.0 Å². The molecule has 0 unspecified atom stereocenters. The Kier molecular flexibility index (Phi) is 11.0. The maximum Gasteiger partial charge on any atom is 0.411 e. The van der Waals surface area contributed by atoms with Crippen molar-refractivity contribution in [2.45, 2.75) is 61.9 Å². The van der Waals surface area contributed by atoms with Crippen LogP contribution in [0.1, 0.15) is 53.0 Å². The van der Waals surface area contributed by atoms with E-state index < -0.39 is 90.7 Å². The Morgan fingerprint density at radius 3 is 2.19 bits per heavy atom. The van der Waals surface area contributed by atoms with Gasteiger partial charge in [-0.2, -0.15) is 13.2 Å². The van der Waals surface area contributed by atoms with Crippen LogP contribution in [-0.4, -0.2) is 64.2 Å². The second-order valence-electron chi connectivity index (χ2n) is 13.7. The standard InChI is InChI=1S/C38H33F5N6O8S/c1-20(2)57-35(53)30(16-21-4-8-23(9-5-21)49-34(52)25-12-15-44-19-31(25)48(3)36(49)54)45-33(51)26-17-28(40)29(18-27(26)39)47-58(55,56)24-10-6-22(7-11-24)32(50)46-37(13-14-37)38(41,42)43/h4-12,15,17-20,30,47H,13-14,16H2,1-3H3,(H,45,51)(H,46,50)/t30-/m0/s1. The van der Waals surface area contributed by atoms with Crippen LogP contribution in [0, 0.1) is 11.6 Å². The molecule has 5 aromatic rings. The van der Waals surface area contributed by atoms with E-state index in [1.165, 1.54) is 54.3 Å². The molecule has 20 heteroatoms. The molecule has 1 fully saturated rings. The molecular formula is C38H33F5N6O8S. The molecule has 0 saturated heterocycles. The van der Waals surface area contributed by atoms with Gasteiger partial charge in [0.25, 0.3) is 27.4 Å². The highest BCUT2D eigenvalue weighted by atomic mass is 32.2. The van der Waals surface area contributed by atoms with Crippen LogP contribution in [0.5, 0.6) is 0 Å². The normalized spacial score (nSPS) is 14.2. The monoisotopic (exact) mass is 828 g/mol. The van der Waals surface area contributed by atoms with Crippen LogP contribution in [0.3, 0.4) is 0 Å². The molecule has 3 aromatic carbocycles. The molecule has 1 aliphatic rings. The van der Waals surface area contributed by atoms with Crippen molar-refractivity contribution in [2.24, 2.45) is 7.05 Å². The number of hydrogen-bond acceptors (Lipinski definition) is 9. The van der Waals surface area contributed by atoms with Gasteiger partial charge in [-0.3, -0.25) is 28.7 Å². The summed E-state index contributed by atoms with van der Waals surface area (Å²) in [5, 5.41) is 4.46. The van der Waals surface area contributed by atoms with E-state index in [0.29, 0.717) is 23.2 Å². The number of carbonyl (C=O) groups excluding carboxylic acids is 3. The number of rotatable bonds is 12. The molecule has 0 radical (unpaired) electrons. The summed E-state index contributed by atoms with van der Waals surface area (Å²) in [6, 6.07) is 10.3. The Hall–Kier alpha value is -6.44. The average Bonchev–Trinajstić information content (AvgIpc) is 3.96. The molecule has 14 nitrogen and oxygen atoms in total. The fourth-order valence-electron chi connectivity index (χ4n) is 5.96. The zero-order chi connectivity index (χ0) is 42.3. The summed E-state index contributed by atoms with van der Waals surface area (Å²) in [6.45, 7) is 3.09. The van der Waals surface area contributed by atoms with Crippen molar-refractivity contribution in [1.82, 2.24) is 24.8 Å². The van der Waals surface area contributed by atoms with Gasteiger partial charge in [0.2, 0.25) is 0 Å². The number of alkyl halides is 3. The lowest BCUT2D eigenvalue weighted by Crippen LogP contribution is -2.47. The highest BCUT2D eigenvalue weighted by Crippen LogP contribution is 2.49. The van der Waals surface area contributed by atoms with E-state index in [2.05, 4.69) is 10.3 Å². The van der Waals surface area contributed by atoms with Crippen LogP contribution in [0.25, 0.3) is 16.6 Å².